The number of aliphatic hydroxyl groups is 1. The van der Waals surface area contributed by atoms with Crippen LogP contribution in [-0.4, -0.2) is 133 Å². The maximum atomic E-state index is 11.0. The molecule has 0 aromatic rings. The number of carbonyl (C=O) groups excluding carboxylic acids is 3. The molecule has 13 heteroatoms. The third kappa shape index (κ3) is 10.6. The molecule has 95 valence electrons. The van der Waals surface area contributed by atoms with Crippen molar-refractivity contribution in [2.75, 3.05) is 0 Å². The average Bonchev–Trinajstić information content (AvgIpc) is 2.27. The van der Waals surface area contributed by atoms with Crippen LogP contribution in [0.25, 0.3) is 0 Å². The van der Waals surface area contributed by atoms with Crippen molar-refractivity contribution in [3.05, 3.63) is 0 Å². The van der Waals surface area contributed by atoms with E-state index in [4.69, 9.17) is 15.6 Å². The Morgan fingerprint density at radius 2 is 1.11 bits per heavy atom. The first kappa shape index (κ1) is 28.4. The predicted molar refractivity (Wildman–Crippen MR) is 61.2 cm³/mol. The molecule has 0 spiro atoms. The van der Waals surface area contributed by atoms with Gasteiger partial charge in [-0.2, -0.15) is 0 Å². The molecule has 0 saturated carbocycles. The maximum Gasteiger partial charge on any atom is 0.276 e. The number of amides is 3. The second-order valence-corrected chi connectivity index (χ2v) is 2.90. The van der Waals surface area contributed by atoms with Crippen LogP contribution in [-0.2, 0) is 14.4 Å². The van der Waals surface area contributed by atoms with E-state index < -0.39 is 36.2 Å². The summed E-state index contributed by atoms with van der Waals surface area (Å²) in [5.74, 6) is -3.74. The molecule has 7 N–H and O–H groups in total. The van der Waals surface area contributed by atoms with E-state index in [9.17, 15) is 19.5 Å². The Balaban J connectivity index is -0.000000375. The van der Waals surface area contributed by atoms with Crippen molar-refractivity contribution < 1.29 is 35.1 Å². The van der Waals surface area contributed by atoms with Gasteiger partial charge in [0.2, 0.25) is 11.8 Å². The molecule has 0 fully saturated rings. The SMILES string of the molecule is O=C(CC(O)(CC(=O)NO)C(=O)NO)NO.[Na].[Na].[Na]. The summed E-state index contributed by atoms with van der Waals surface area (Å²) in [5.41, 5.74) is 0.736. The van der Waals surface area contributed by atoms with Gasteiger partial charge in [0.25, 0.3) is 5.91 Å². The maximum absolute atomic E-state index is 11.0. The van der Waals surface area contributed by atoms with Crippen molar-refractivity contribution in [2.45, 2.75) is 18.4 Å². The number of hydrogen-bond acceptors (Lipinski definition) is 7. The molecule has 3 radical (unpaired) electrons. The summed E-state index contributed by atoms with van der Waals surface area (Å²) in [6.07, 6.45) is -1.97. The van der Waals surface area contributed by atoms with Gasteiger partial charge in [0.1, 0.15) is 0 Å². The van der Waals surface area contributed by atoms with Gasteiger partial charge in [-0.15, -0.1) is 0 Å². The van der Waals surface area contributed by atoms with Gasteiger partial charge in [0.15, 0.2) is 5.60 Å². The monoisotopic (exact) mass is 306 g/mol. The van der Waals surface area contributed by atoms with E-state index >= 15 is 0 Å². The Morgan fingerprint density at radius 3 is 1.32 bits per heavy atom. The quantitative estimate of drug-likeness (QED) is 0.154. The summed E-state index contributed by atoms with van der Waals surface area (Å²) in [6, 6.07) is 0. The van der Waals surface area contributed by atoms with E-state index in [2.05, 4.69) is 0 Å². The summed E-state index contributed by atoms with van der Waals surface area (Å²) in [4.78, 5) is 32.5. The fraction of sp³-hybridized carbons (Fsp3) is 0.500. The van der Waals surface area contributed by atoms with Gasteiger partial charge in [-0.25, -0.2) is 16.4 Å². The molecule has 0 bridgehead atoms. The zero-order valence-electron chi connectivity index (χ0n) is 10.9. The summed E-state index contributed by atoms with van der Waals surface area (Å²) < 4.78 is 0. The first-order valence-corrected chi connectivity index (χ1v) is 3.92. The van der Waals surface area contributed by atoms with Crippen molar-refractivity contribution >= 4 is 106 Å². The van der Waals surface area contributed by atoms with Gasteiger partial charge in [-0.05, 0) is 0 Å². The topological polar surface area (TPSA) is 168 Å². The summed E-state index contributed by atoms with van der Waals surface area (Å²) >= 11 is 0. The smallest absolute Gasteiger partial charge is 0.276 e. The molecule has 0 unspecified atom stereocenters. The Morgan fingerprint density at radius 1 is 0.789 bits per heavy atom. The van der Waals surface area contributed by atoms with Crippen molar-refractivity contribution in [3.8, 4) is 0 Å². The molecule has 10 nitrogen and oxygen atoms in total. The van der Waals surface area contributed by atoms with Crippen LogP contribution in [0.4, 0.5) is 0 Å². The third-order valence-corrected chi connectivity index (χ3v) is 1.68. The Labute approximate surface area is 174 Å². The van der Waals surface area contributed by atoms with Crippen LogP contribution in [0.5, 0.6) is 0 Å². The minimum atomic E-state index is -2.59. The van der Waals surface area contributed by atoms with Gasteiger partial charge in [-0.1, -0.05) is 0 Å². The van der Waals surface area contributed by atoms with Gasteiger partial charge < -0.3 is 5.11 Å². The zero-order chi connectivity index (χ0) is 12.8. The normalized spacial score (nSPS) is 8.84. The van der Waals surface area contributed by atoms with Gasteiger partial charge >= 0.3 is 0 Å². The first-order chi connectivity index (χ1) is 7.39. The molecule has 3 amide bonds. The molecule has 19 heavy (non-hydrogen) atoms. The van der Waals surface area contributed by atoms with E-state index in [0.29, 0.717) is 0 Å². The molecule has 0 aromatic carbocycles. The van der Waals surface area contributed by atoms with E-state index in [0.717, 1.165) is 16.4 Å². The average molecular weight is 306 g/mol. The van der Waals surface area contributed by atoms with Crippen LogP contribution in [0, 0.1) is 0 Å². The number of hydrogen-bond donors (Lipinski definition) is 7. The second-order valence-electron chi connectivity index (χ2n) is 2.90. The van der Waals surface area contributed by atoms with E-state index in [1.807, 2.05) is 0 Å². The van der Waals surface area contributed by atoms with Crippen LogP contribution in [0.1, 0.15) is 12.8 Å². The van der Waals surface area contributed by atoms with Crippen LogP contribution in [0.3, 0.4) is 0 Å². The van der Waals surface area contributed by atoms with Crippen molar-refractivity contribution in [3.63, 3.8) is 0 Å². The fourth-order valence-electron chi connectivity index (χ4n) is 0.937. The van der Waals surface area contributed by atoms with Crippen LogP contribution in [0.15, 0.2) is 0 Å². The molecule has 0 saturated heterocycles. The molecular formula is C6H11N3Na3O7. The summed E-state index contributed by atoms with van der Waals surface area (Å²) in [7, 11) is 0. The van der Waals surface area contributed by atoms with Crippen molar-refractivity contribution in [1.29, 1.82) is 0 Å². The predicted octanol–water partition coefficient (Wildman–Crippen LogP) is -4.13. The number of hydroxylamine groups is 3. The Hall–Kier alpha value is 1.25. The summed E-state index contributed by atoms with van der Waals surface area (Å²) in [5, 5.41) is 34.2. The molecule has 0 aliphatic rings. The second kappa shape index (κ2) is 14.2. The Kier molecular flexibility index (Phi) is 21.2. The minimum absolute atomic E-state index is 0. The number of rotatable bonds is 5. The first-order valence-electron chi connectivity index (χ1n) is 3.92. The molecule has 0 heterocycles. The summed E-state index contributed by atoms with van der Waals surface area (Å²) in [6.45, 7) is 0. The molecule has 0 rings (SSSR count). The molecule has 0 aliphatic heterocycles. The van der Waals surface area contributed by atoms with Crippen molar-refractivity contribution in [2.24, 2.45) is 0 Å². The van der Waals surface area contributed by atoms with E-state index in [-0.39, 0.29) is 88.7 Å². The number of carbonyl (C=O) groups is 3. The van der Waals surface area contributed by atoms with Gasteiger partial charge in [0, 0.05) is 88.7 Å². The van der Waals surface area contributed by atoms with Crippen LogP contribution < -0.4 is 16.4 Å². The van der Waals surface area contributed by atoms with E-state index in [1.54, 1.807) is 0 Å². The third-order valence-electron chi connectivity index (χ3n) is 1.68. The standard InChI is InChI=1S/C6H11N3O7.3Na/c10-3(7-14)1-6(13,5(12)9-16)2-4(11)8-15;;;/h13-16H,1-2H2,(H,7,10)(H,8,11)(H,9,12);;;. The molecular weight excluding hydrogens is 295 g/mol. The zero-order valence-corrected chi connectivity index (χ0v) is 16.9. The fourth-order valence-corrected chi connectivity index (χ4v) is 0.937. The van der Waals surface area contributed by atoms with Gasteiger partial charge in [-0.3, -0.25) is 30.0 Å². The molecule has 0 atom stereocenters. The van der Waals surface area contributed by atoms with E-state index in [1.165, 1.54) is 0 Å². The number of nitrogens with one attached hydrogen (secondary N) is 3. The Bertz CT molecular complexity index is 286. The van der Waals surface area contributed by atoms with Crippen molar-refractivity contribution in [1.82, 2.24) is 16.4 Å². The van der Waals surface area contributed by atoms with Crippen LogP contribution in [0.2, 0.25) is 0 Å². The van der Waals surface area contributed by atoms with Gasteiger partial charge in [0.05, 0.1) is 12.8 Å². The minimum Gasteiger partial charge on any atom is -0.379 e. The van der Waals surface area contributed by atoms with Crippen LogP contribution >= 0.6 is 0 Å². The largest absolute Gasteiger partial charge is 0.379 e. The molecule has 0 aromatic heterocycles. The molecule has 0 aliphatic carbocycles.